The van der Waals surface area contributed by atoms with E-state index in [0.29, 0.717) is 43.1 Å². The number of hydrogen-bond donors (Lipinski definition) is 4. The molecule has 0 unspecified atom stereocenters. The molecule has 0 saturated heterocycles. The van der Waals surface area contributed by atoms with Gasteiger partial charge >= 0.3 is 6.09 Å². The van der Waals surface area contributed by atoms with Gasteiger partial charge in [0.25, 0.3) is 11.8 Å². The predicted octanol–water partition coefficient (Wildman–Crippen LogP) is 7.88. The lowest BCUT2D eigenvalue weighted by Crippen LogP contribution is -2.42. The third-order valence-corrected chi connectivity index (χ3v) is 13.0. The highest BCUT2D eigenvalue weighted by atomic mass is 19.1. The molecule has 2 aliphatic rings. The molecular formula is C54H70F2N10O8. The lowest BCUT2D eigenvalue weighted by molar-refractivity contribution is 0.0631. The number of anilines is 2. The van der Waals surface area contributed by atoms with Crippen molar-refractivity contribution in [3.63, 3.8) is 0 Å². The number of aliphatic hydroxyl groups excluding tert-OH is 2. The summed E-state index contributed by atoms with van der Waals surface area (Å²) in [6, 6.07) is 15.6. The number of nitrogens with one attached hydrogen (secondary N) is 1. The zero-order valence-electron chi connectivity index (χ0n) is 43.7. The van der Waals surface area contributed by atoms with Crippen molar-refractivity contribution < 1.29 is 47.6 Å². The Kier molecular flexibility index (Phi) is 19.2. The Labute approximate surface area is 431 Å². The Morgan fingerprint density at radius 2 is 1.09 bits per heavy atom. The number of nitrogens with two attached hydrogens (primary N) is 1. The van der Waals surface area contributed by atoms with Crippen molar-refractivity contribution in [3.05, 3.63) is 120 Å². The molecule has 5 N–H and O–H groups in total. The number of alkyl carbamates (subject to hydrolysis) is 1. The van der Waals surface area contributed by atoms with Crippen LogP contribution >= 0.6 is 0 Å². The van der Waals surface area contributed by atoms with Crippen molar-refractivity contribution in [3.8, 4) is 23.0 Å². The summed E-state index contributed by atoms with van der Waals surface area (Å²) in [5.41, 5.74) is 7.08. The molecule has 3 amide bonds. The van der Waals surface area contributed by atoms with Gasteiger partial charge in [0, 0.05) is 50.3 Å². The van der Waals surface area contributed by atoms with Gasteiger partial charge in [0.2, 0.25) is 0 Å². The van der Waals surface area contributed by atoms with Gasteiger partial charge in [-0.3, -0.25) is 9.59 Å². The van der Waals surface area contributed by atoms with Crippen molar-refractivity contribution in [2.45, 2.75) is 148 Å². The topological polar surface area (TPSA) is 222 Å². The normalized spacial score (nSPS) is 19.2. The van der Waals surface area contributed by atoms with Crippen LogP contribution in [0.1, 0.15) is 107 Å². The third-order valence-electron chi connectivity index (χ3n) is 13.0. The lowest BCUT2D eigenvalue weighted by Gasteiger charge is -2.31. The molecule has 2 aromatic heterocycles. The molecular weight excluding hydrogens is 955 g/mol. The fourth-order valence-electron chi connectivity index (χ4n) is 9.68. The van der Waals surface area contributed by atoms with Crippen LogP contribution in [0.5, 0.6) is 23.0 Å². The van der Waals surface area contributed by atoms with Crippen LogP contribution in [0.4, 0.5) is 25.2 Å². The van der Waals surface area contributed by atoms with E-state index in [4.69, 9.17) is 19.9 Å². The smallest absolute Gasteiger partial charge is 0.407 e. The Hall–Kier alpha value is -7.03. The number of amides is 3. The second-order valence-corrected chi connectivity index (χ2v) is 19.8. The molecule has 6 atom stereocenters. The number of benzene rings is 3. The second-order valence-electron chi connectivity index (χ2n) is 19.8. The summed E-state index contributed by atoms with van der Waals surface area (Å²) in [6.07, 6.45) is 5.63. The van der Waals surface area contributed by atoms with Gasteiger partial charge in [-0.05, 0) is 123 Å². The predicted molar refractivity (Wildman–Crippen MR) is 276 cm³/mol. The van der Waals surface area contributed by atoms with E-state index in [9.17, 15) is 33.4 Å². The zero-order chi connectivity index (χ0) is 54.0. The van der Waals surface area contributed by atoms with Gasteiger partial charge in [0.05, 0.1) is 47.8 Å². The molecule has 0 aliphatic heterocycles. The van der Waals surface area contributed by atoms with Crippen LogP contribution in [0, 0.1) is 11.6 Å². The number of aliphatic hydroxyl groups is 2. The molecule has 5 aromatic rings. The number of halogens is 2. The Morgan fingerprint density at radius 3 is 1.53 bits per heavy atom. The molecule has 2 aliphatic carbocycles. The van der Waals surface area contributed by atoms with E-state index in [0.717, 1.165) is 11.6 Å². The molecule has 398 valence electrons. The van der Waals surface area contributed by atoms with Crippen LogP contribution in [-0.4, -0.2) is 132 Å². The van der Waals surface area contributed by atoms with Gasteiger partial charge < -0.3 is 55.1 Å². The summed E-state index contributed by atoms with van der Waals surface area (Å²) in [4.78, 5) is 62.9. The molecule has 74 heavy (non-hydrogen) atoms. The summed E-state index contributed by atoms with van der Waals surface area (Å²) >= 11 is 0. The van der Waals surface area contributed by atoms with E-state index in [1.165, 1.54) is 55.4 Å². The minimum Gasteiger partial charge on any atom is -0.451 e. The standard InChI is InChI=1S/C31H38FN5O5.C23H32FN5O3/c1-19(2)37(20(3)4)30(39)24-13-22(32)11-12-27(24)42-28-16-33-18-34-29(28)36(5)25-14-23(15-26(25)38)35-31(40)41-17-21-9-7-6-8-10-21;1-13(2)29(14(3)4)23(31)17-8-15(24)6-7-20(17)32-21-11-26-12-27-22(21)28(5)18-9-16(25)10-19(18)30/h6-13,16,18-20,23,25-26,38H,14-15,17H2,1-5H3,(H,35,40);6-8,11-14,16,18-19,30H,9-10,25H2,1-5H3/t23-,25+,26-;16-,18+,19-/m11/s1. The largest absolute Gasteiger partial charge is 0.451 e. The summed E-state index contributed by atoms with van der Waals surface area (Å²) in [6.45, 7) is 15.4. The third kappa shape index (κ3) is 14.0. The van der Waals surface area contributed by atoms with Crippen molar-refractivity contribution in [1.29, 1.82) is 0 Å². The van der Waals surface area contributed by atoms with E-state index in [1.807, 2.05) is 90.6 Å². The highest BCUT2D eigenvalue weighted by Crippen LogP contribution is 2.38. The average Bonchev–Trinajstić information content (AvgIpc) is 3.90. The highest BCUT2D eigenvalue weighted by molar-refractivity contribution is 5.98. The fraction of sp³-hybridized carbons (Fsp3) is 0.463. The highest BCUT2D eigenvalue weighted by Gasteiger charge is 2.39. The number of carbonyl (C=O) groups is 3. The van der Waals surface area contributed by atoms with Gasteiger partial charge in [-0.2, -0.15) is 0 Å². The van der Waals surface area contributed by atoms with Crippen LogP contribution in [0.2, 0.25) is 0 Å². The first-order valence-corrected chi connectivity index (χ1v) is 24.9. The van der Waals surface area contributed by atoms with Crippen LogP contribution < -0.4 is 30.3 Å². The summed E-state index contributed by atoms with van der Waals surface area (Å²) in [5, 5.41) is 24.1. The first-order valence-electron chi connectivity index (χ1n) is 24.9. The van der Waals surface area contributed by atoms with Gasteiger partial charge in [0.1, 0.15) is 42.4 Å². The molecule has 18 nitrogen and oxygen atoms in total. The zero-order valence-corrected chi connectivity index (χ0v) is 43.7. The van der Waals surface area contributed by atoms with Crippen LogP contribution in [0.3, 0.4) is 0 Å². The molecule has 7 rings (SSSR count). The quantitative estimate of drug-likeness (QED) is 0.0696. The van der Waals surface area contributed by atoms with Crippen molar-refractivity contribution in [2.75, 3.05) is 23.9 Å². The van der Waals surface area contributed by atoms with Crippen molar-refractivity contribution >= 4 is 29.5 Å². The molecule has 2 fully saturated rings. The number of hydrogen-bond acceptors (Lipinski definition) is 15. The van der Waals surface area contributed by atoms with Gasteiger partial charge in [-0.1, -0.05) is 30.3 Å². The molecule has 0 bridgehead atoms. The number of rotatable bonds is 17. The van der Waals surface area contributed by atoms with E-state index in [1.54, 1.807) is 28.8 Å². The van der Waals surface area contributed by atoms with E-state index >= 15 is 0 Å². The Morgan fingerprint density at radius 1 is 0.649 bits per heavy atom. The maximum atomic E-state index is 14.3. The van der Waals surface area contributed by atoms with Crippen LogP contribution in [0.25, 0.3) is 0 Å². The fourth-order valence-corrected chi connectivity index (χ4v) is 9.68. The minimum atomic E-state index is -0.772. The number of ether oxygens (including phenoxy) is 3. The minimum absolute atomic E-state index is 0.0755. The van der Waals surface area contributed by atoms with Crippen LogP contribution in [-0.2, 0) is 11.3 Å². The lowest BCUT2D eigenvalue weighted by atomic mass is 10.1. The molecule has 2 heterocycles. The van der Waals surface area contributed by atoms with Crippen LogP contribution in [0.15, 0.2) is 91.8 Å². The van der Waals surface area contributed by atoms with Gasteiger partial charge in [-0.15, -0.1) is 0 Å². The molecule has 3 aromatic carbocycles. The number of nitrogens with zero attached hydrogens (tertiary/aromatic N) is 8. The molecule has 0 spiro atoms. The monoisotopic (exact) mass is 1020 g/mol. The van der Waals surface area contributed by atoms with E-state index in [2.05, 4.69) is 25.3 Å². The average molecular weight is 1030 g/mol. The first-order chi connectivity index (χ1) is 35.1. The maximum Gasteiger partial charge on any atom is 0.407 e. The van der Waals surface area contributed by atoms with E-state index < -0.39 is 36.0 Å². The summed E-state index contributed by atoms with van der Waals surface area (Å²) in [5.74, 6) is -0.0718. The van der Waals surface area contributed by atoms with E-state index in [-0.39, 0.29) is 89.1 Å². The van der Waals surface area contributed by atoms with Gasteiger partial charge in [-0.25, -0.2) is 33.5 Å². The molecule has 0 radical (unpaired) electrons. The van der Waals surface area contributed by atoms with Gasteiger partial charge in [0.15, 0.2) is 23.1 Å². The molecule has 20 heteroatoms. The Bertz CT molecular complexity index is 2670. The SMILES string of the molecule is CC(C)N(C(=O)c1cc(F)ccc1Oc1cncnc1N(C)[C@H]1C[C@@H](N)C[C@H]1O)C(C)C.CC(C)N(C(=O)c1cc(F)ccc1Oc1cncnc1N(C)[C@H]1C[C@@H](NC(=O)OCc2ccccc2)C[C@H]1O)C(C)C. The summed E-state index contributed by atoms with van der Waals surface area (Å²) < 4.78 is 46.0. The van der Waals surface area contributed by atoms with Crippen molar-refractivity contribution in [2.24, 2.45) is 5.73 Å². The molecule has 2 saturated carbocycles. The number of carbonyl (C=O) groups excluding carboxylic acids is 3. The number of aromatic nitrogens is 4. The Balaban J connectivity index is 0.000000250. The van der Waals surface area contributed by atoms with Crippen molar-refractivity contribution in [1.82, 2.24) is 35.1 Å². The second kappa shape index (κ2) is 25.3. The summed E-state index contributed by atoms with van der Waals surface area (Å²) in [7, 11) is 3.56. The first kappa shape index (κ1) is 56.3. The number of likely N-dealkylation sites (N-methyl/N-ethyl adjacent to an activating group) is 2. The maximum absolute atomic E-state index is 14.3.